The van der Waals surface area contributed by atoms with Crippen LogP contribution in [0.25, 0.3) is 0 Å². The molecule has 0 aliphatic heterocycles. The minimum Gasteiger partial charge on any atom is -0.480 e. The molecule has 1 amide bonds. The topological polar surface area (TPSA) is 141 Å². The summed E-state index contributed by atoms with van der Waals surface area (Å²) in [7, 11) is 3.85. The number of rotatable bonds is 12. The third kappa shape index (κ3) is 6.60. The molecule has 1 heterocycles. The highest BCUT2D eigenvalue weighted by Gasteiger charge is 2.26. The first-order valence-electron chi connectivity index (χ1n) is 11.0. The maximum atomic E-state index is 12.6. The molecule has 0 bridgehead atoms. The van der Waals surface area contributed by atoms with Crippen LogP contribution in [-0.2, 0) is 11.2 Å². The average Bonchev–Trinajstić information content (AvgIpc) is 2.84. The molecule has 0 saturated heterocycles. The van der Waals surface area contributed by atoms with Gasteiger partial charge < -0.3 is 26.0 Å². The van der Waals surface area contributed by atoms with Gasteiger partial charge in [-0.1, -0.05) is 35.3 Å². The van der Waals surface area contributed by atoms with Crippen LogP contribution < -0.4 is 26.8 Å². The van der Waals surface area contributed by atoms with Crippen LogP contribution in [0.1, 0.15) is 22.3 Å². The van der Waals surface area contributed by atoms with Crippen molar-refractivity contribution >= 4 is 52.1 Å². The van der Waals surface area contributed by atoms with Gasteiger partial charge in [-0.15, -0.1) is 0 Å². The molecule has 0 spiro atoms. The van der Waals surface area contributed by atoms with Crippen molar-refractivity contribution in [2.75, 3.05) is 43.1 Å². The molecule has 0 unspecified atom stereocenters. The molecule has 3 rings (SSSR count). The van der Waals surface area contributed by atoms with E-state index in [9.17, 15) is 24.3 Å². The van der Waals surface area contributed by atoms with E-state index >= 15 is 0 Å². The van der Waals surface area contributed by atoms with E-state index < -0.39 is 28.8 Å². The summed E-state index contributed by atoms with van der Waals surface area (Å²) >= 11 is 12.1. The number of benzene rings is 1. The molecular formula is C24H25Cl2N5O5. The molecule has 36 heavy (non-hydrogen) atoms. The number of aliphatic carboxylic acids is 1. The van der Waals surface area contributed by atoms with Crippen molar-refractivity contribution in [1.29, 1.82) is 0 Å². The van der Waals surface area contributed by atoms with Crippen LogP contribution in [0.4, 0.5) is 17.1 Å². The van der Waals surface area contributed by atoms with Gasteiger partial charge in [-0.25, -0.2) is 4.79 Å². The van der Waals surface area contributed by atoms with Gasteiger partial charge in [-0.05, 0) is 44.8 Å². The molecule has 1 atom stereocenters. The van der Waals surface area contributed by atoms with Gasteiger partial charge in [0.05, 0.1) is 15.7 Å². The van der Waals surface area contributed by atoms with Gasteiger partial charge in [0, 0.05) is 30.9 Å². The second-order valence-corrected chi connectivity index (χ2v) is 9.17. The first kappa shape index (κ1) is 27.1. The number of carbonyl (C=O) groups excluding carboxylic acids is 1. The maximum absolute atomic E-state index is 12.6. The number of anilines is 3. The van der Waals surface area contributed by atoms with E-state index in [0.29, 0.717) is 17.7 Å². The lowest BCUT2D eigenvalue weighted by Gasteiger charge is -2.20. The SMILES string of the molecule is CN(C)CCCNc1c(N[C@@H](Cc2ccc(C(=O)Nc3c(Cl)cncc3Cl)cc2)C(=O)O)c(=O)c1=O. The highest BCUT2D eigenvalue weighted by Crippen LogP contribution is 2.29. The summed E-state index contributed by atoms with van der Waals surface area (Å²) in [6.07, 6.45) is 3.46. The normalized spacial score (nSPS) is 11.9. The van der Waals surface area contributed by atoms with Crippen LogP contribution in [0.3, 0.4) is 0 Å². The lowest BCUT2D eigenvalue weighted by Crippen LogP contribution is -2.42. The van der Waals surface area contributed by atoms with Gasteiger partial charge in [-0.2, -0.15) is 0 Å². The Morgan fingerprint density at radius 3 is 2.19 bits per heavy atom. The van der Waals surface area contributed by atoms with E-state index in [-0.39, 0.29) is 33.5 Å². The third-order valence-corrected chi connectivity index (χ3v) is 5.93. The summed E-state index contributed by atoms with van der Waals surface area (Å²) in [5.41, 5.74) is -0.214. The summed E-state index contributed by atoms with van der Waals surface area (Å²) in [4.78, 5) is 54.2. The number of pyridine rings is 1. The highest BCUT2D eigenvalue weighted by molar-refractivity contribution is 6.39. The largest absolute Gasteiger partial charge is 0.480 e. The molecule has 12 heteroatoms. The van der Waals surface area contributed by atoms with Gasteiger partial charge in [0.25, 0.3) is 16.8 Å². The second kappa shape index (κ2) is 12.0. The predicted molar refractivity (Wildman–Crippen MR) is 140 cm³/mol. The van der Waals surface area contributed by atoms with Gasteiger partial charge in [0.15, 0.2) is 0 Å². The zero-order valence-corrected chi connectivity index (χ0v) is 21.1. The van der Waals surface area contributed by atoms with Crippen molar-refractivity contribution < 1.29 is 14.7 Å². The predicted octanol–water partition coefficient (Wildman–Crippen LogP) is 2.71. The Bertz CT molecular complexity index is 1300. The van der Waals surface area contributed by atoms with Crippen molar-refractivity contribution in [3.05, 3.63) is 78.3 Å². The molecule has 0 aliphatic rings. The molecule has 1 aromatic heterocycles. The van der Waals surface area contributed by atoms with Crippen molar-refractivity contribution in [3.8, 4) is 0 Å². The number of nitrogens with one attached hydrogen (secondary N) is 3. The molecule has 3 aromatic rings. The summed E-state index contributed by atoms with van der Waals surface area (Å²) in [6, 6.07) is 5.10. The zero-order valence-electron chi connectivity index (χ0n) is 19.6. The number of carboxylic acid groups (broad SMARTS) is 1. The van der Waals surface area contributed by atoms with Gasteiger partial charge in [0.1, 0.15) is 17.4 Å². The number of hydrogen-bond donors (Lipinski definition) is 4. The average molecular weight is 534 g/mol. The Balaban J connectivity index is 1.66. The van der Waals surface area contributed by atoms with E-state index in [1.54, 1.807) is 12.1 Å². The quantitative estimate of drug-likeness (QED) is 0.204. The molecule has 0 fully saturated rings. The van der Waals surface area contributed by atoms with Gasteiger partial charge >= 0.3 is 5.97 Å². The van der Waals surface area contributed by atoms with Crippen LogP contribution in [0, 0.1) is 0 Å². The second-order valence-electron chi connectivity index (χ2n) is 8.36. The Kier molecular flexibility index (Phi) is 9.03. The number of carboxylic acids is 1. The minimum atomic E-state index is -1.19. The molecule has 0 aliphatic carbocycles. The fraction of sp³-hybridized carbons (Fsp3) is 0.292. The van der Waals surface area contributed by atoms with Crippen molar-refractivity contribution in [2.45, 2.75) is 18.9 Å². The molecule has 10 nitrogen and oxygen atoms in total. The maximum Gasteiger partial charge on any atom is 0.326 e. The van der Waals surface area contributed by atoms with E-state index in [1.807, 2.05) is 19.0 Å². The lowest BCUT2D eigenvalue weighted by molar-refractivity contribution is -0.137. The van der Waals surface area contributed by atoms with Crippen LogP contribution in [0.5, 0.6) is 0 Å². The van der Waals surface area contributed by atoms with Crippen LogP contribution in [0.2, 0.25) is 10.0 Å². The number of amides is 1. The number of halogens is 2. The Morgan fingerprint density at radius 1 is 1.00 bits per heavy atom. The van der Waals surface area contributed by atoms with Crippen LogP contribution in [-0.4, -0.2) is 60.1 Å². The standard InChI is InChI=1S/C24H25Cl2N5O5/c1-31(2)9-3-8-28-19-20(22(33)21(19)32)29-17(24(35)36)10-13-4-6-14(7-5-13)23(34)30-18-15(25)11-27-12-16(18)26/h4-7,11-12,17,28-29H,3,8-10H2,1-2H3,(H,35,36)(H,27,30,34)/t17-/m0/s1. The van der Waals surface area contributed by atoms with Gasteiger partial charge in [0.2, 0.25) is 0 Å². The van der Waals surface area contributed by atoms with Crippen molar-refractivity contribution in [3.63, 3.8) is 0 Å². The number of hydrogen-bond acceptors (Lipinski definition) is 8. The Labute approximate surface area is 216 Å². The fourth-order valence-corrected chi connectivity index (χ4v) is 3.88. The summed E-state index contributed by atoms with van der Waals surface area (Å²) < 4.78 is 0. The van der Waals surface area contributed by atoms with E-state index in [1.165, 1.54) is 24.5 Å². The van der Waals surface area contributed by atoms with Crippen molar-refractivity contribution in [1.82, 2.24) is 9.88 Å². The molecule has 190 valence electrons. The molecular weight excluding hydrogens is 509 g/mol. The molecule has 2 aromatic carbocycles. The minimum absolute atomic E-state index is 0.0120. The summed E-state index contributed by atoms with van der Waals surface area (Å²) in [5.74, 6) is -1.65. The Hall–Kier alpha value is -3.47. The highest BCUT2D eigenvalue weighted by atomic mass is 35.5. The summed E-state index contributed by atoms with van der Waals surface area (Å²) in [5, 5.41) is 18.3. The van der Waals surface area contributed by atoms with Crippen LogP contribution in [0.15, 0.2) is 46.2 Å². The van der Waals surface area contributed by atoms with E-state index in [4.69, 9.17) is 23.2 Å². The number of nitrogens with zero attached hydrogens (tertiary/aromatic N) is 2. The number of aromatic nitrogens is 1. The summed E-state index contributed by atoms with van der Waals surface area (Å²) in [6.45, 7) is 1.26. The molecule has 0 radical (unpaired) electrons. The van der Waals surface area contributed by atoms with E-state index in [0.717, 1.165) is 13.0 Å². The van der Waals surface area contributed by atoms with Gasteiger partial charge in [-0.3, -0.25) is 19.4 Å². The van der Waals surface area contributed by atoms with Crippen molar-refractivity contribution in [2.24, 2.45) is 0 Å². The molecule has 4 N–H and O–H groups in total. The fourth-order valence-electron chi connectivity index (χ4n) is 3.43. The first-order valence-corrected chi connectivity index (χ1v) is 11.7. The monoisotopic (exact) mass is 533 g/mol. The first-order chi connectivity index (χ1) is 17.1. The van der Waals surface area contributed by atoms with Crippen LogP contribution >= 0.6 is 23.2 Å². The molecule has 0 saturated carbocycles. The van der Waals surface area contributed by atoms with E-state index in [2.05, 4.69) is 20.9 Å². The zero-order chi connectivity index (χ0) is 26.4. The third-order valence-electron chi connectivity index (χ3n) is 5.36. The smallest absolute Gasteiger partial charge is 0.326 e. The lowest BCUT2D eigenvalue weighted by atomic mass is 10.0. The Morgan fingerprint density at radius 2 is 1.61 bits per heavy atom. The number of carbonyl (C=O) groups is 2.